The molecule has 0 aliphatic rings. The van der Waals surface area contributed by atoms with Gasteiger partial charge in [0, 0.05) is 27.1 Å². The van der Waals surface area contributed by atoms with Crippen molar-refractivity contribution in [2.45, 2.75) is 19.1 Å². The molecular weight excluding hydrogens is 150 g/mol. The molecule has 10 heavy (non-hydrogen) atoms. The normalized spacial score (nSPS) is 10.3. The molecule has 0 amide bonds. The van der Waals surface area contributed by atoms with Gasteiger partial charge in [0.25, 0.3) is 0 Å². The monoisotopic (exact) mass is 163 g/mol. The van der Waals surface area contributed by atoms with Crippen molar-refractivity contribution >= 4 is 17.2 Å². The third-order valence-electron chi connectivity index (χ3n) is 1.15. The molecule has 0 fully saturated rings. The van der Waals surface area contributed by atoms with E-state index in [1.165, 1.54) is 0 Å². The number of thiocarbonyl (C=S) groups is 1. The van der Waals surface area contributed by atoms with Crippen LogP contribution in [0.3, 0.4) is 0 Å². The van der Waals surface area contributed by atoms with Gasteiger partial charge < -0.3 is 15.2 Å². The zero-order chi connectivity index (χ0) is 7.98. The van der Waals surface area contributed by atoms with Crippen molar-refractivity contribution in [2.75, 3.05) is 14.2 Å². The zero-order valence-electron chi connectivity index (χ0n) is 6.29. The van der Waals surface area contributed by atoms with Crippen molar-refractivity contribution in [1.82, 2.24) is 0 Å². The predicted octanol–water partition coefficient (Wildman–Crippen LogP) is 0.672. The van der Waals surface area contributed by atoms with Crippen LogP contribution in [0, 0.1) is 0 Å². The van der Waals surface area contributed by atoms with Crippen LogP contribution in [-0.4, -0.2) is 25.5 Å². The molecule has 0 atom stereocenters. The molecule has 0 aromatic heterocycles. The van der Waals surface area contributed by atoms with Crippen molar-refractivity contribution in [3.63, 3.8) is 0 Å². The van der Waals surface area contributed by atoms with E-state index in [2.05, 4.69) is 12.2 Å². The number of ether oxygens (including phenoxy) is 2. The lowest BCUT2D eigenvalue weighted by molar-refractivity contribution is -0.104. The molecular formula is C6H13NO2S. The van der Waals surface area contributed by atoms with Gasteiger partial charge in [-0.05, 0) is 0 Å². The van der Waals surface area contributed by atoms with Crippen molar-refractivity contribution in [3.8, 4) is 0 Å². The third-order valence-corrected chi connectivity index (χ3v) is 1.36. The van der Waals surface area contributed by atoms with Crippen LogP contribution in [0.25, 0.3) is 0 Å². The summed E-state index contributed by atoms with van der Waals surface area (Å²) in [5, 5.41) is 0. The third kappa shape index (κ3) is 4.67. The van der Waals surface area contributed by atoms with Crippen molar-refractivity contribution in [1.29, 1.82) is 0 Å². The number of hydrogen-bond donors (Lipinski definition) is 1. The molecule has 0 unspecified atom stereocenters. The molecule has 0 aliphatic carbocycles. The molecule has 0 rings (SSSR count). The van der Waals surface area contributed by atoms with Gasteiger partial charge in [0.15, 0.2) is 6.29 Å². The largest absolute Gasteiger partial charge is 0.393 e. The fourth-order valence-corrected chi connectivity index (χ4v) is 0.710. The SMILES string of the molecule is COC(CCC(N)=S)OC. The van der Waals surface area contributed by atoms with Crippen molar-refractivity contribution < 1.29 is 9.47 Å². The van der Waals surface area contributed by atoms with Crippen LogP contribution in [0.5, 0.6) is 0 Å². The van der Waals surface area contributed by atoms with Crippen LogP contribution in [0.2, 0.25) is 0 Å². The lowest BCUT2D eigenvalue weighted by Gasteiger charge is -2.11. The highest BCUT2D eigenvalue weighted by atomic mass is 32.1. The average Bonchev–Trinajstić information content (AvgIpc) is 1.90. The smallest absolute Gasteiger partial charge is 0.157 e. The summed E-state index contributed by atoms with van der Waals surface area (Å²) in [6.45, 7) is 0. The first-order chi connectivity index (χ1) is 4.70. The quantitative estimate of drug-likeness (QED) is 0.478. The Morgan fingerprint density at radius 2 is 2.00 bits per heavy atom. The van der Waals surface area contributed by atoms with Gasteiger partial charge in [-0.1, -0.05) is 12.2 Å². The molecule has 0 saturated heterocycles. The summed E-state index contributed by atoms with van der Waals surface area (Å²) in [5.74, 6) is 0. The van der Waals surface area contributed by atoms with E-state index in [0.29, 0.717) is 11.4 Å². The maximum atomic E-state index is 5.27. The van der Waals surface area contributed by atoms with E-state index in [9.17, 15) is 0 Å². The molecule has 0 aromatic carbocycles. The molecule has 0 aromatic rings. The summed E-state index contributed by atoms with van der Waals surface area (Å²) in [6.07, 6.45) is 1.21. The minimum absolute atomic E-state index is 0.179. The predicted molar refractivity (Wildman–Crippen MR) is 43.8 cm³/mol. The molecule has 4 heteroatoms. The zero-order valence-corrected chi connectivity index (χ0v) is 7.11. The van der Waals surface area contributed by atoms with Gasteiger partial charge in [0.2, 0.25) is 0 Å². The van der Waals surface area contributed by atoms with Gasteiger partial charge in [-0.25, -0.2) is 0 Å². The fraction of sp³-hybridized carbons (Fsp3) is 0.833. The van der Waals surface area contributed by atoms with Gasteiger partial charge >= 0.3 is 0 Å². The Morgan fingerprint density at radius 1 is 1.50 bits per heavy atom. The first-order valence-electron chi connectivity index (χ1n) is 3.04. The molecule has 3 nitrogen and oxygen atoms in total. The first-order valence-corrected chi connectivity index (χ1v) is 3.45. The van der Waals surface area contributed by atoms with Gasteiger partial charge in [0.1, 0.15) is 0 Å². The van der Waals surface area contributed by atoms with Gasteiger partial charge in [0.05, 0.1) is 4.99 Å². The van der Waals surface area contributed by atoms with E-state index in [1.54, 1.807) is 14.2 Å². The van der Waals surface area contributed by atoms with E-state index >= 15 is 0 Å². The summed E-state index contributed by atoms with van der Waals surface area (Å²) < 4.78 is 9.82. The second kappa shape index (κ2) is 5.58. The molecule has 0 bridgehead atoms. The molecule has 2 N–H and O–H groups in total. The highest BCUT2D eigenvalue weighted by Crippen LogP contribution is 2.00. The van der Waals surface area contributed by atoms with E-state index in [1.807, 2.05) is 0 Å². The Morgan fingerprint density at radius 3 is 2.30 bits per heavy atom. The molecule has 60 valence electrons. The second-order valence-electron chi connectivity index (χ2n) is 1.91. The fourth-order valence-electron chi connectivity index (χ4n) is 0.592. The molecule has 0 saturated carbocycles. The maximum Gasteiger partial charge on any atom is 0.157 e. The molecule has 0 heterocycles. The Kier molecular flexibility index (Phi) is 5.48. The van der Waals surface area contributed by atoms with Gasteiger partial charge in [-0.2, -0.15) is 0 Å². The van der Waals surface area contributed by atoms with Crippen molar-refractivity contribution in [3.05, 3.63) is 0 Å². The highest BCUT2D eigenvalue weighted by Gasteiger charge is 2.03. The Bertz CT molecular complexity index is 104. The summed E-state index contributed by atoms with van der Waals surface area (Å²) in [7, 11) is 3.18. The topological polar surface area (TPSA) is 44.5 Å². The lowest BCUT2D eigenvalue weighted by Crippen LogP contribution is -2.17. The summed E-state index contributed by atoms with van der Waals surface area (Å²) >= 11 is 4.68. The number of methoxy groups -OCH3 is 2. The minimum atomic E-state index is -0.179. The van der Waals surface area contributed by atoms with Crippen molar-refractivity contribution in [2.24, 2.45) is 5.73 Å². The molecule has 0 aliphatic heterocycles. The van der Waals surface area contributed by atoms with Crippen LogP contribution in [0.1, 0.15) is 12.8 Å². The standard InChI is InChI=1S/C6H13NO2S/c1-8-6(9-2)4-3-5(7)10/h6H,3-4H2,1-2H3,(H2,7,10). The number of rotatable bonds is 5. The van der Waals surface area contributed by atoms with E-state index in [0.717, 1.165) is 6.42 Å². The van der Waals surface area contributed by atoms with Crippen LogP contribution in [0.15, 0.2) is 0 Å². The van der Waals surface area contributed by atoms with E-state index < -0.39 is 0 Å². The van der Waals surface area contributed by atoms with Gasteiger partial charge in [-0.3, -0.25) is 0 Å². The Hall–Kier alpha value is -0.190. The Balaban J connectivity index is 3.34. The first kappa shape index (κ1) is 9.81. The van der Waals surface area contributed by atoms with Crippen LogP contribution in [-0.2, 0) is 9.47 Å². The lowest BCUT2D eigenvalue weighted by atomic mass is 10.3. The summed E-state index contributed by atoms with van der Waals surface area (Å²) in [5.41, 5.74) is 5.27. The minimum Gasteiger partial charge on any atom is -0.393 e. The number of nitrogens with two attached hydrogens (primary N) is 1. The Labute approximate surface area is 66.5 Å². The number of hydrogen-bond acceptors (Lipinski definition) is 3. The van der Waals surface area contributed by atoms with Crippen LogP contribution < -0.4 is 5.73 Å². The average molecular weight is 163 g/mol. The van der Waals surface area contributed by atoms with E-state index in [4.69, 9.17) is 15.2 Å². The molecule has 0 spiro atoms. The van der Waals surface area contributed by atoms with E-state index in [-0.39, 0.29) is 6.29 Å². The summed E-state index contributed by atoms with van der Waals surface area (Å²) in [4.78, 5) is 0.499. The van der Waals surface area contributed by atoms with Crippen LogP contribution in [0.4, 0.5) is 0 Å². The molecule has 0 radical (unpaired) electrons. The summed E-state index contributed by atoms with van der Waals surface area (Å²) in [6, 6.07) is 0. The highest BCUT2D eigenvalue weighted by molar-refractivity contribution is 7.80. The van der Waals surface area contributed by atoms with Crippen LogP contribution >= 0.6 is 12.2 Å². The second-order valence-corrected chi connectivity index (χ2v) is 2.43. The maximum absolute atomic E-state index is 5.27. The van der Waals surface area contributed by atoms with Gasteiger partial charge in [-0.15, -0.1) is 0 Å².